The van der Waals surface area contributed by atoms with E-state index in [4.69, 9.17) is 0 Å². The smallest absolute Gasteiger partial charge is 0.227 e. The quantitative estimate of drug-likeness (QED) is 0.316. The standard InChI is InChI=1S/C19H23N9O2/c1-2-27-12-22-16-17(25-19(26-18(16)27)24-14(10-29)11-30)21-9-13-4-5-15(20-8-13)28-7-3-6-23-28/h3-8,12,14,29-30H,2,9-11H2,1H3,(H2,21,24,25,26). The van der Waals surface area contributed by atoms with Crippen LogP contribution in [-0.2, 0) is 13.1 Å². The van der Waals surface area contributed by atoms with Crippen molar-refractivity contribution in [3.63, 3.8) is 0 Å². The van der Waals surface area contributed by atoms with Crippen molar-refractivity contribution < 1.29 is 10.2 Å². The summed E-state index contributed by atoms with van der Waals surface area (Å²) in [5.74, 6) is 1.60. The lowest BCUT2D eigenvalue weighted by Gasteiger charge is -2.15. The summed E-state index contributed by atoms with van der Waals surface area (Å²) in [7, 11) is 0. The molecule has 0 saturated heterocycles. The third kappa shape index (κ3) is 4.07. The lowest BCUT2D eigenvalue weighted by molar-refractivity contribution is 0.203. The molecule has 4 N–H and O–H groups in total. The van der Waals surface area contributed by atoms with Crippen molar-refractivity contribution >= 4 is 22.9 Å². The average molecular weight is 409 g/mol. The highest BCUT2D eigenvalue weighted by atomic mass is 16.3. The van der Waals surface area contributed by atoms with Crippen molar-refractivity contribution in [3.05, 3.63) is 48.7 Å². The highest BCUT2D eigenvalue weighted by molar-refractivity contribution is 5.84. The Morgan fingerprint density at radius 3 is 2.67 bits per heavy atom. The largest absolute Gasteiger partial charge is 0.394 e. The molecule has 0 fully saturated rings. The molecule has 0 aliphatic heterocycles. The van der Waals surface area contributed by atoms with E-state index in [9.17, 15) is 10.2 Å². The number of aliphatic hydroxyl groups is 2. The summed E-state index contributed by atoms with van der Waals surface area (Å²) in [5.41, 5.74) is 2.28. The normalized spacial score (nSPS) is 11.3. The Labute approximate surface area is 172 Å². The molecule has 4 heterocycles. The zero-order chi connectivity index (χ0) is 20.9. The van der Waals surface area contributed by atoms with Crippen LogP contribution in [0.25, 0.3) is 17.0 Å². The van der Waals surface area contributed by atoms with E-state index in [2.05, 4.69) is 35.7 Å². The molecule has 4 rings (SSSR count). The minimum absolute atomic E-state index is 0.234. The number of hydrogen-bond acceptors (Lipinski definition) is 9. The molecule has 0 saturated carbocycles. The lowest BCUT2D eigenvalue weighted by Crippen LogP contribution is -2.28. The van der Waals surface area contributed by atoms with Gasteiger partial charge in [-0.15, -0.1) is 0 Å². The molecule has 0 aliphatic rings. The number of nitrogens with one attached hydrogen (secondary N) is 2. The maximum absolute atomic E-state index is 9.35. The first-order chi connectivity index (χ1) is 14.7. The number of rotatable bonds is 9. The topological polar surface area (TPSA) is 139 Å². The fourth-order valence-corrected chi connectivity index (χ4v) is 2.94. The summed E-state index contributed by atoms with van der Waals surface area (Å²) in [6, 6.07) is 5.15. The molecule has 156 valence electrons. The maximum Gasteiger partial charge on any atom is 0.227 e. The van der Waals surface area contributed by atoms with Crippen molar-refractivity contribution in [2.75, 3.05) is 23.8 Å². The number of aliphatic hydroxyl groups excluding tert-OH is 2. The molecular weight excluding hydrogens is 386 g/mol. The van der Waals surface area contributed by atoms with Gasteiger partial charge in [-0.2, -0.15) is 15.1 Å². The molecule has 0 atom stereocenters. The summed E-state index contributed by atoms with van der Waals surface area (Å²) < 4.78 is 3.60. The van der Waals surface area contributed by atoms with Crippen molar-refractivity contribution in [1.29, 1.82) is 0 Å². The van der Waals surface area contributed by atoms with Crippen LogP contribution in [0.3, 0.4) is 0 Å². The fraction of sp³-hybridized carbons (Fsp3) is 0.316. The van der Waals surface area contributed by atoms with Crippen LogP contribution in [0, 0.1) is 0 Å². The fourth-order valence-electron chi connectivity index (χ4n) is 2.94. The first-order valence-corrected chi connectivity index (χ1v) is 9.61. The Balaban J connectivity index is 1.57. The zero-order valence-corrected chi connectivity index (χ0v) is 16.5. The van der Waals surface area contributed by atoms with Crippen LogP contribution in [0.15, 0.2) is 43.1 Å². The molecule has 0 spiro atoms. The van der Waals surface area contributed by atoms with Gasteiger partial charge in [-0.05, 0) is 24.6 Å². The molecule has 11 heteroatoms. The van der Waals surface area contributed by atoms with Gasteiger partial charge in [0.25, 0.3) is 0 Å². The molecule has 0 bridgehead atoms. The number of pyridine rings is 1. The van der Waals surface area contributed by atoms with E-state index in [1.807, 2.05) is 35.9 Å². The zero-order valence-electron chi connectivity index (χ0n) is 16.5. The molecule has 11 nitrogen and oxygen atoms in total. The number of nitrogens with zero attached hydrogens (tertiary/aromatic N) is 7. The van der Waals surface area contributed by atoms with Gasteiger partial charge in [0.1, 0.15) is 0 Å². The number of aryl methyl sites for hydroxylation is 1. The minimum atomic E-state index is -0.549. The molecule has 0 aliphatic carbocycles. The summed E-state index contributed by atoms with van der Waals surface area (Å²) in [4.78, 5) is 17.8. The van der Waals surface area contributed by atoms with E-state index in [0.29, 0.717) is 36.0 Å². The van der Waals surface area contributed by atoms with Gasteiger partial charge in [0.15, 0.2) is 22.8 Å². The van der Waals surface area contributed by atoms with Gasteiger partial charge >= 0.3 is 0 Å². The molecule has 4 aromatic rings. The molecule has 0 radical (unpaired) electrons. The Morgan fingerprint density at radius 2 is 2.00 bits per heavy atom. The molecule has 0 amide bonds. The Bertz CT molecular complexity index is 1090. The SMILES string of the molecule is CCn1cnc2c(NCc3ccc(-n4cccn4)nc3)nc(NC(CO)CO)nc21. The second-order valence-electron chi connectivity index (χ2n) is 6.63. The van der Waals surface area contributed by atoms with Gasteiger partial charge in [-0.1, -0.05) is 6.07 Å². The van der Waals surface area contributed by atoms with Gasteiger partial charge in [0.05, 0.1) is 25.6 Å². The van der Waals surface area contributed by atoms with Crippen molar-refractivity contribution in [2.24, 2.45) is 0 Å². The van der Waals surface area contributed by atoms with Crippen LogP contribution in [0.4, 0.5) is 11.8 Å². The van der Waals surface area contributed by atoms with Gasteiger partial charge in [-0.3, -0.25) is 0 Å². The molecule has 0 aromatic carbocycles. The highest BCUT2D eigenvalue weighted by Gasteiger charge is 2.15. The van der Waals surface area contributed by atoms with Crippen molar-refractivity contribution in [3.8, 4) is 5.82 Å². The Hall–Kier alpha value is -3.57. The molecule has 0 unspecified atom stereocenters. The molecule has 30 heavy (non-hydrogen) atoms. The van der Waals surface area contributed by atoms with E-state index >= 15 is 0 Å². The van der Waals surface area contributed by atoms with Gasteiger partial charge in [-0.25, -0.2) is 14.6 Å². The average Bonchev–Trinajstić information content (AvgIpc) is 3.46. The number of hydrogen-bond donors (Lipinski definition) is 4. The Kier molecular flexibility index (Phi) is 5.82. The van der Waals surface area contributed by atoms with E-state index < -0.39 is 6.04 Å². The van der Waals surface area contributed by atoms with Crippen LogP contribution >= 0.6 is 0 Å². The van der Waals surface area contributed by atoms with Crippen LogP contribution in [0.1, 0.15) is 12.5 Å². The minimum Gasteiger partial charge on any atom is -0.394 e. The molecule has 4 aromatic heterocycles. The number of fused-ring (bicyclic) bond motifs is 1. The third-order valence-electron chi connectivity index (χ3n) is 4.59. The molecular formula is C19H23N9O2. The van der Waals surface area contributed by atoms with E-state index in [1.165, 1.54) is 0 Å². The first-order valence-electron chi connectivity index (χ1n) is 9.61. The predicted octanol–water partition coefficient (Wildman–Crippen LogP) is 0.804. The van der Waals surface area contributed by atoms with Crippen LogP contribution < -0.4 is 10.6 Å². The van der Waals surface area contributed by atoms with Crippen molar-refractivity contribution in [1.82, 2.24) is 34.3 Å². The van der Waals surface area contributed by atoms with Crippen LogP contribution in [0.2, 0.25) is 0 Å². The number of imidazole rings is 1. The van der Waals surface area contributed by atoms with Crippen molar-refractivity contribution in [2.45, 2.75) is 26.1 Å². The summed E-state index contributed by atoms with van der Waals surface area (Å²) in [5, 5.41) is 29.1. The number of aromatic nitrogens is 7. The van der Waals surface area contributed by atoms with Crippen LogP contribution in [-0.4, -0.2) is 63.8 Å². The monoisotopic (exact) mass is 409 g/mol. The highest BCUT2D eigenvalue weighted by Crippen LogP contribution is 2.22. The second kappa shape index (κ2) is 8.84. The summed E-state index contributed by atoms with van der Waals surface area (Å²) >= 11 is 0. The van der Waals surface area contributed by atoms with E-state index in [0.717, 1.165) is 11.4 Å². The first kappa shape index (κ1) is 19.7. The van der Waals surface area contributed by atoms with Crippen LogP contribution in [0.5, 0.6) is 0 Å². The number of anilines is 2. The third-order valence-corrected chi connectivity index (χ3v) is 4.59. The predicted molar refractivity (Wildman–Crippen MR) is 111 cm³/mol. The summed E-state index contributed by atoms with van der Waals surface area (Å²) in [6.45, 7) is 2.72. The van der Waals surface area contributed by atoms with E-state index in [1.54, 1.807) is 23.4 Å². The maximum atomic E-state index is 9.35. The van der Waals surface area contributed by atoms with Gasteiger partial charge < -0.3 is 25.4 Å². The Morgan fingerprint density at radius 1 is 1.13 bits per heavy atom. The van der Waals surface area contributed by atoms with Gasteiger partial charge in [0, 0.05) is 31.7 Å². The van der Waals surface area contributed by atoms with Gasteiger partial charge in [0.2, 0.25) is 5.95 Å². The second-order valence-corrected chi connectivity index (χ2v) is 6.63. The lowest BCUT2D eigenvalue weighted by atomic mass is 10.3. The van der Waals surface area contributed by atoms with E-state index in [-0.39, 0.29) is 13.2 Å². The summed E-state index contributed by atoms with van der Waals surface area (Å²) in [6.07, 6.45) is 7.03.